The predicted molar refractivity (Wildman–Crippen MR) is 65.8 cm³/mol. The van der Waals surface area contributed by atoms with E-state index in [0.29, 0.717) is 19.7 Å². The van der Waals surface area contributed by atoms with Crippen LogP contribution < -0.4 is 5.73 Å². The van der Waals surface area contributed by atoms with E-state index < -0.39 is 11.1 Å². The summed E-state index contributed by atoms with van der Waals surface area (Å²) in [7, 11) is 1.63. The van der Waals surface area contributed by atoms with Gasteiger partial charge >= 0.3 is 6.09 Å². The lowest BCUT2D eigenvalue weighted by Gasteiger charge is -2.37. The molecule has 1 aliphatic heterocycles. The highest BCUT2D eigenvalue weighted by Gasteiger charge is 2.44. The number of carbonyl (C=O) groups is 1. The number of carbonyl (C=O) groups excluding carboxylic acids is 1. The molecule has 0 aliphatic carbocycles. The van der Waals surface area contributed by atoms with Crippen LogP contribution >= 0.6 is 0 Å². The lowest BCUT2D eigenvalue weighted by atomic mass is 9.98. The summed E-state index contributed by atoms with van der Waals surface area (Å²) in [6.07, 6.45) is 1.52. The van der Waals surface area contributed by atoms with Crippen molar-refractivity contribution in [3.05, 3.63) is 0 Å². The molecule has 1 amide bonds. The van der Waals surface area contributed by atoms with Crippen LogP contribution in [-0.2, 0) is 9.47 Å². The van der Waals surface area contributed by atoms with Crippen molar-refractivity contribution in [3.8, 4) is 0 Å². The standard InChI is InChI=1S/C12H24N2O3/c1-11(2,3)17-10(15)14-7-5-6-12(14,8-13)9-16-4/h5-9,13H2,1-4H3/t12-/m1/s1. The fraction of sp³-hybridized carbons (Fsp3) is 0.917. The third-order valence-corrected chi connectivity index (χ3v) is 3.00. The number of rotatable bonds is 3. The second-order valence-electron chi connectivity index (χ2n) is 5.60. The van der Waals surface area contributed by atoms with Crippen molar-refractivity contribution >= 4 is 6.09 Å². The largest absolute Gasteiger partial charge is 0.444 e. The van der Waals surface area contributed by atoms with Gasteiger partial charge in [-0.1, -0.05) is 0 Å². The molecule has 0 aromatic heterocycles. The molecule has 100 valence electrons. The zero-order valence-electron chi connectivity index (χ0n) is 11.3. The summed E-state index contributed by atoms with van der Waals surface area (Å²) >= 11 is 0. The van der Waals surface area contributed by atoms with Gasteiger partial charge in [0.1, 0.15) is 5.60 Å². The van der Waals surface area contributed by atoms with Crippen molar-refractivity contribution in [2.45, 2.75) is 44.8 Å². The zero-order valence-corrected chi connectivity index (χ0v) is 11.3. The van der Waals surface area contributed by atoms with Gasteiger partial charge in [0.25, 0.3) is 0 Å². The molecule has 5 nitrogen and oxygen atoms in total. The van der Waals surface area contributed by atoms with Gasteiger partial charge in [0.2, 0.25) is 0 Å². The number of hydrogen-bond acceptors (Lipinski definition) is 4. The number of amides is 1. The van der Waals surface area contributed by atoms with Gasteiger partial charge in [-0.15, -0.1) is 0 Å². The maximum absolute atomic E-state index is 12.1. The Bertz CT molecular complexity index is 275. The Kier molecular flexibility index (Phi) is 4.38. The third kappa shape index (κ3) is 3.33. The summed E-state index contributed by atoms with van der Waals surface area (Å²) in [6.45, 7) is 7.14. The van der Waals surface area contributed by atoms with Gasteiger partial charge in [0.15, 0.2) is 0 Å². The Morgan fingerprint density at radius 3 is 2.59 bits per heavy atom. The summed E-state index contributed by atoms with van der Waals surface area (Å²) in [6, 6.07) is 0. The number of methoxy groups -OCH3 is 1. The minimum absolute atomic E-state index is 0.294. The third-order valence-electron chi connectivity index (χ3n) is 3.00. The van der Waals surface area contributed by atoms with Crippen LogP contribution in [0.25, 0.3) is 0 Å². The number of nitrogens with zero attached hydrogens (tertiary/aromatic N) is 1. The van der Waals surface area contributed by atoms with Crippen molar-refractivity contribution in [3.63, 3.8) is 0 Å². The molecule has 1 rings (SSSR count). The molecular weight excluding hydrogens is 220 g/mol. The SMILES string of the molecule is COC[C@]1(CN)CCCN1C(=O)OC(C)(C)C. The molecule has 1 fully saturated rings. The molecule has 1 atom stereocenters. The first-order valence-electron chi connectivity index (χ1n) is 6.04. The van der Waals surface area contributed by atoms with Crippen LogP contribution in [0.3, 0.4) is 0 Å². The fourth-order valence-corrected chi connectivity index (χ4v) is 2.23. The van der Waals surface area contributed by atoms with Gasteiger partial charge < -0.3 is 15.2 Å². The van der Waals surface area contributed by atoms with Gasteiger partial charge in [0.05, 0.1) is 12.1 Å². The Labute approximate surface area is 103 Å². The lowest BCUT2D eigenvalue weighted by Crippen LogP contribution is -2.56. The van der Waals surface area contributed by atoms with Crippen LogP contribution in [0.1, 0.15) is 33.6 Å². The van der Waals surface area contributed by atoms with Gasteiger partial charge in [-0.25, -0.2) is 4.79 Å². The molecule has 1 heterocycles. The second-order valence-corrected chi connectivity index (χ2v) is 5.60. The van der Waals surface area contributed by atoms with Crippen molar-refractivity contribution in [1.82, 2.24) is 4.90 Å². The van der Waals surface area contributed by atoms with E-state index in [2.05, 4.69) is 0 Å². The van der Waals surface area contributed by atoms with E-state index in [1.165, 1.54) is 0 Å². The fourth-order valence-electron chi connectivity index (χ4n) is 2.23. The van der Waals surface area contributed by atoms with E-state index in [4.69, 9.17) is 15.2 Å². The summed E-state index contributed by atoms with van der Waals surface area (Å²) in [5.41, 5.74) is 4.95. The molecule has 0 radical (unpaired) electrons. The maximum Gasteiger partial charge on any atom is 0.410 e. The van der Waals surface area contributed by atoms with E-state index in [0.717, 1.165) is 12.8 Å². The molecule has 0 spiro atoms. The van der Waals surface area contributed by atoms with Crippen LogP contribution in [0.15, 0.2) is 0 Å². The van der Waals surface area contributed by atoms with Crippen LogP contribution in [0.4, 0.5) is 4.79 Å². The molecule has 5 heteroatoms. The monoisotopic (exact) mass is 244 g/mol. The van der Waals surface area contributed by atoms with Crippen molar-refractivity contribution in [2.75, 3.05) is 26.8 Å². The van der Waals surface area contributed by atoms with Crippen LogP contribution in [0.5, 0.6) is 0 Å². The smallest absolute Gasteiger partial charge is 0.410 e. The number of ether oxygens (including phenoxy) is 2. The molecule has 0 saturated carbocycles. The van der Waals surface area contributed by atoms with Gasteiger partial charge in [-0.2, -0.15) is 0 Å². The summed E-state index contributed by atoms with van der Waals surface area (Å²) in [5.74, 6) is 0. The van der Waals surface area contributed by atoms with Gasteiger partial charge in [0, 0.05) is 20.2 Å². The molecule has 1 saturated heterocycles. The minimum atomic E-state index is -0.479. The van der Waals surface area contributed by atoms with E-state index in [1.807, 2.05) is 20.8 Å². The maximum atomic E-state index is 12.1. The minimum Gasteiger partial charge on any atom is -0.444 e. The van der Waals surface area contributed by atoms with E-state index in [-0.39, 0.29) is 6.09 Å². The first kappa shape index (κ1) is 14.3. The molecular formula is C12H24N2O3. The topological polar surface area (TPSA) is 64.8 Å². The van der Waals surface area contributed by atoms with Crippen molar-refractivity contribution < 1.29 is 14.3 Å². The number of hydrogen-bond donors (Lipinski definition) is 1. The number of likely N-dealkylation sites (tertiary alicyclic amines) is 1. The van der Waals surface area contributed by atoms with Gasteiger partial charge in [-0.05, 0) is 33.6 Å². The van der Waals surface area contributed by atoms with Crippen LogP contribution in [0, 0.1) is 0 Å². The molecule has 2 N–H and O–H groups in total. The molecule has 1 aliphatic rings. The first-order valence-corrected chi connectivity index (χ1v) is 6.04. The Morgan fingerprint density at radius 1 is 1.47 bits per heavy atom. The summed E-state index contributed by atoms with van der Waals surface area (Å²) in [4.78, 5) is 13.8. The quantitative estimate of drug-likeness (QED) is 0.814. The van der Waals surface area contributed by atoms with E-state index in [9.17, 15) is 4.79 Å². The lowest BCUT2D eigenvalue weighted by molar-refractivity contribution is -0.00833. The summed E-state index contributed by atoms with van der Waals surface area (Å²) < 4.78 is 10.6. The Hall–Kier alpha value is -0.810. The molecule has 0 aromatic rings. The highest BCUT2D eigenvalue weighted by Crippen LogP contribution is 2.30. The molecule has 17 heavy (non-hydrogen) atoms. The average molecular weight is 244 g/mol. The van der Waals surface area contributed by atoms with Crippen molar-refractivity contribution in [1.29, 1.82) is 0 Å². The second kappa shape index (κ2) is 5.23. The first-order chi connectivity index (χ1) is 7.84. The van der Waals surface area contributed by atoms with Gasteiger partial charge in [-0.3, -0.25) is 4.90 Å². The van der Waals surface area contributed by atoms with Crippen LogP contribution in [-0.4, -0.2) is 48.9 Å². The Morgan fingerprint density at radius 2 is 2.12 bits per heavy atom. The zero-order chi connectivity index (χ0) is 13.1. The molecule has 0 bridgehead atoms. The normalized spacial score (nSPS) is 25.1. The van der Waals surface area contributed by atoms with E-state index >= 15 is 0 Å². The summed E-state index contributed by atoms with van der Waals surface area (Å²) in [5, 5.41) is 0. The average Bonchev–Trinajstić information content (AvgIpc) is 2.60. The molecule has 0 aromatic carbocycles. The van der Waals surface area contributed by atoms with Crippen LogP contribution in [0.2, 0.25) is 0 Å². The highest BCUT2D eigenvalue weighted by molar-refractivity contribution is 5.69. The van der Waals surface area contributed by atoms with Crippen molar-refractivity contribution in [2.24, 2.45) is 5.73 Å². The Balaban J connectivity index is 2.77. The highest BCUT2D eigenvalue weighted by atomic mass is 16.6. The predicted octanol–water partition coefficient (Wildman–Crippen LogP) is 1.36. The number of nitrogens with two attached hydrogens (primary N) is 1. The van der Waals surface area contributed by atoms with E-state index in [1.54, 1.807) is 12.0 Å². The molecule has 0 unspecified atom stereocenters.